The molecule has 1 saturated heterocycles. The number of nitrogens with one attached hydrogen (secondary N) is 1. The summed E-state index contributed by atoms with van der Waals surface area (Å²) in [7, 11) is 0. The van der Waals surface area contributed by atoms with Gasteiger partial charge in [-0.2, -0.15) is 11.8 Å². The van der Waals surface area contributed by atoms with E-state index < -0.39 is 0 Å². The first-order chi connectivity index (χ1) is 5.79. The fourth-order valence-corrected chi connectivity index (χ4v) is 2.76. The molecule has 80 valence electrons. The molecule has 1 heterocycles. The van der Waals surface area contributed by atoms with Crippen molar-refractivity contribution >= 4 is 24.2 Å². The summed E-state index contributed by atoms with van der Waals surface area (Å²) in [6.07, 6.45) is 2.82. The Morgan fingerprint density at radius 1 is 1.46 bits per heavy atom. The first-order valence-corrected chi connectivity index (χ1v) is 6.23. The van der Waals surface area contributed by atoms with Crippen LogP contribution in [0.25, 0.3) is 0 Å². The van der Waals surface area contributed by atoms with Crippen LogP contribution in [0.4, 0.5) is 0 Å². The van der Waals surface area contributed by atoms with Crippen molar-refractivity contribution in [2.75, 3.05) is 24.6 Å². The van der Waals surface area contributed by atoms with Gasteiger partial charge in [-0.15, -0.1) is 12.4 Å². The highest BCUT2D eigenvalue weighted by Crippen LogP contribution is 2.17. The molecule has 13 heavy (non-hydrogen) atoms. The van der Waals surface area contributed by atoms with Crippen LogP contribution in [-0.2, 0) is 0 Å². The zero-order valence-electron chi connectivity index (χ0n) is 8.71. The Morgan fingerprint density at radius 2 is 2.23 bits per heavy atom. The molecule has 0 radical (unpaired) electrons. The minimum absolute atomic E-state index is 0. The minimum Gasteiger partial charge on any atom is -0.316 e. The second-order valence-corrected chi connectivity index (χ2v) is 5.22. The third-order valence-electron chi connectivity index (χ3n) is 2.20. The lowest BCUT2D eigenvalue weighted by Gasteiger charge is -2.22. The van der Waals surface area contributed by atoms with Crippen molar-refractivity contribution in [3.8, 4) is 0 Å². The summed E-state index contributed by atoms with van der Waals surface area (Å²) in [6.45, 7) is 7.09. The first kappa shape index (κ1) is 13.6. The van der Waals surface area contributed by atoms with Crippen molar-refractivity contribution in [3.05, 3.63) is 0 Å². The second kappa shape index (κ2) is 7.95. The molecule has 1 N–H and O–H groups in total. The average molecular weight is 224 g/mol. The van der Waals surface area contributed by atoms with Crippen LogP contribution in [0, 0.1) is 11.8 Å². The highest BCUT2D eigenvalue weighted by atomic mass is 35.5. The van der Waals surface area contributed by atoms with Gasteiger partial charge in [-0.1, -0.05) is 13.8 Å². The van der Waals surface area contributed by atoms with Gasteiger partial charge in [0.05, 0.1) is 0 Å². The molecule has 1 nitrogen and oxygen atoms in total. The number of hydrogen-bond acceptors (Lipinski definition) is 2. The lowest BCUT2D eigenvalue weighted by atomic mass is 10.0. The van der Waals surface area contributed by atoms with Crippen LogP contribution >= 0.6 is 24.2 Å². The van der Waals surface area contributed by atoms with E-state index in [0.29, 0.717) is 0 Å². The van der Waals surface area contributed by atoms with Gasteiger partial charge in [0.2, 0.25) is 0 Å². The highest BCUT2D eigenvalue weighted by Gasteiger charge is 2.12. The summed E-state index contributed by atoms with van der Waals surface area (Å²) in [5.74, 6) is 4.50. The predicted octanol–water partition coefficient (Wildman–Crippen LogP) is 2.80. The van der Waals surface area contributed by atoms with Gasteiger partial charge in [-0.25, -0.2) is 0 Å². The monoisotopic (exact) mass is 223 g/mol. The number of hydrogen-bond donors (Lipinski definition) is 1. The van der Waals surface area contributed by atoms with Crippen LogP contribution in [-0.4, -0.2) is 24.6 Å². The molecule has 1 fully saturated rings. The van der Waals surface area contributed by atoms with Crippen molar-refractivity contribution in [3.63, 3.8) is 0 Å². The maximum absolute atomic E-state index is 3.46. The van der Waals surface area contributed by atoms with E-state index in [1.165, 1.54) is 37.4 Å². The van der Waals surface area contributed by atoms with Crippen molar-refractivity contribution in [1.29, 1.82) is 0 Å². The van der Waals surface area contributed by atoms with E-state index in [2.05, 4.69) is 30.9 Å². The summed E-state index contributed by atoms with van der Waals surface area (Å²) in [5, 5.41) is 3.46. The van der Waals surface area contributed by atoms with E-state index in [9.17, 15) is 0 Å². The van der Waals surface area contributed by atoms with Crippen molar-refractivity contribution in [1.82, 2.24) is 5.32 Å². The van der Waals surface area contributed by atoms with Crippen molar-refractivity contribution in [2.45, 2.75) is 26.7 Å². The first-order valence-electron chi connectivity index (χ1n) is 5.07. The molecule has 1 aliphatic rings. The summed E-state index contributed by atoms with van der Waals surface area (Å²) < 4.78 is 0. The average Bonchev–Trinajstić information content (AvgIpc) is 2.05. The maximum Gasteiger partial charge on any atom is -0.00126 e. The van der Waals surface area contributed by atoms with E-state index >= 15 is 0 Å². The SMILES string of the molecule is CC(C)CSCC1CCCNC1.Cl. The Kier molecular flexibility index (Phi) is 8.32. The fraction of sp³-hybridized carbons (Fsp3) is 1.00. The predicted molar refractivity (Wildman–Crippen MR) is 65.0 cm³/mol. The Morgan fingerprint density at radius 3 is 2.77 bits per heavy atom. The summed E-state index contributed by atoms with van der Waals surface area (Å²) in [4.78, 5) is 0. The van der Waals surface area contributed by atoms with Crippen LogP contribution in [0.3, 0.4) is 0 Å². The Balaban J connectivity index is 0.00000144. The van der Waals surface area contributed by atoms with E-state index in [1.54, 1.807) is 0 Å². The normalized spacial score (nSPS) is 22.8. The van der Waals surface area contributed by atoms with E-state index in [0.717, 1.165) is 11.8 Å². The van der Waals surface area contributed by atoms with Gasteiger partial charge in [0, 0.05) is 0 Å². The minimum atomic E-state index is 0. The van der Waals surface area contributed by atoms with Crippen LogP contribution in [0.2, 0.25) is 0 Å². The zero-order valence-corrected chi connectivity index (χ0v) is 10.3. The molecule has 0 saturated carbocycles. The van der Waals surface area contributed by atoms with Gasteiger partial charge in [-0.3, -0.25) is 0 Å². The Bertz CT molecular complexity index is 113. The van der Waals surface area contributed by atoms with Gasteiger partial charge in [0.25, 0.3) is 0 Å². The second-order valence-electron chi connectivity index (χ2n) is 4.14. The van der Waals surface area contributed by atoms with Gasteiger partial charge in [0.1, 0.15) is 0 Å². The van der Waals surface area contributed by atoms with Gasteiger partial charge < -0.3 is 5.32 Å². The lowest BCUT2D eigenvalue weighted by Crippen LogP contribution is -2.31. The van der Waals surface area contributed by atoms with E-state index in [-0.39, 0.29) is 12.4 Å². The number of piperidine rings is 1. The fourth-order valence-electron chi connectivity index (χ4n) is 1.54. The Labute approximate surface area is 92.8 Å². The summed E-state index contributed by atoms with van der Waals surface area (Å²) in [5.41, 5.74) is 0. The molecule has 0 aliphatic carbocycles. The molecular weight excluding hydrogens is 202 g/mol. The number of thioether (sulfide) groups is 1. The molecule has 1 atom stereocenters. The summed E-state index contributed by atoms with van der Waals surface area (Å²) >= 11 is 2.13. The zero-order chi connectivity index (χ0) is 8.81. The largest absolute Gasteiger partial charge is 0.316 e. The standard InChI is InChI=1S/C10H21NS.ClH/c1-9(2)7-12-8-10-4-3-5-11-6-10;/h9-11H,3-8H2,1-2H3;1H. The van der Waals surface area contributed by atoms with Crippen LogP contribution in [0.5, 0.6) is 0 Å². The van der Waals surface area contributed by atoms with Crippen molar-refractivity contribution in [2.24, 2.45) is 11.8 Å². The third-order valence-corrected chi connectivity index (χ3v) is 3.81. The molecule has 0 bridgehead atoms. The van der Waals surface area contributed by atoms with E-state index in [1.807, 2.05) is 0 Å². The molecule has 3 heteroatoms. The molecule has 1 unspecified atom stereocenters. The van der Waals surface area contributed by atoms with Crippen LogP contribution < -0.4 is 5.32 Å². The molecule has 0 aromatic rings. The number of rotatable bonds is 4. The van der Waals surface area contributed by atoms with Crippen molar-refractivity contribution < 1.29 is 0 Å². The van der Waals surface area contributed by atoms with Gasteiger partial charge >= 0.3 is 0 Å². The number of halogens is 1. The van der Waals surface area contributed by atoms with Gasteiger partial charge in [0.15, 0.2) is 0 Å². The third kappa shape index (κ3) is 6.64. The highest BCUT2D eigenvalue weighted by molar-refractivity contribution is 7.99. The molecule has 0 aromatic heterocycles. The molecule has 0 amide bonds. The van der Waals surface area contributed by atoms with Crippen LogP contribution in [0.15, 0.2) is 0 Å². The molecular formula is C10H22ClNS. The van der Waals surface area contributed by atoms with E-state index in [4.69, 9.17) is 0 Å². The maximum atomic E-state index is 3.46. The molecule has 1 aliphatic heterocycles. The van der Waals surface area contributed by atoms with Gasteiger partial charge in [-0.05, 0) is 49.3 Å². The Hall–Kier alpha value is 0.600. The molecule has 1 rings (SSSR count). The lowest BCUT2D eigenvalue weighted by molar-refractivity contribution is 0.410. The quantitative estimate of drug-likeness (QED) is 0.787. The smallest absolute Gasteiger partial charge is 0.00126 e. The molecule has 0 spiro atoms. The summed E-state index contributed by atoms with van der Waals surface area (Å²) in [6, 6.07) is 0. The van der Waals surface area contributed by atoms with Crippen LogP contribution in [0.1, 0.15) is 26.7 Å². The molecule has 0 aromatic carbocycles. The topological polar surface area (TPSA) is 12.0 Å².